The SMILES string of the molecule is CCOC(=O)c1c(CC)[nH]c2ccc(O)cc12. The number of esters is 1. The number of benzene rings is 1. The maximum Gasteiger partial charge on any atom is 0.340 e. The number of rotatable bonds is 3. The average molecular weight is 233 g/mol. The summed E-state index contributed by atoms with van der Waals surface area (Å²) in [6.45, 7) is 4.08. The third-order valence-electron chi connectivity index (χ3n) is 2.69. The Morgan fingerprint density at radius 1 is 1.41 bits per heavy atom. The van der Waals surface area contributed by atoms with E-state index in [4.69, 9.17) is 4.74 Å². The Morgan fingerprint density at radius 2 is 2.18 bits per heavy atom. The van der Waals surface area contributed by atoms with Crippen LogP contribution < -0.4 is 0 Å². The summed E-state index contributed by atoms with van der Waals surface area (Å²) in [7, 11) is 0. The number of hydrogen-bond donors (Lipinski definition) is 2. The van der Waals surface area contributed by atoms with Crippen LogP contribution in [0.2, 0.25) is 0 Å². The first kappa shape index (κ1) is 11.5. The summed E-state index contributed by atoms with van der Waals surface area (Å²) in [6, 6.07) is 4.93. The van der Waals surface area contributed by atoms with E-state index in [9.17, 15) is 9.90 Å². The summed E-state index contributed by atoms with van der Waals surface area (Å²) < 4.78 is 5.04. The molecule has 0 saturated heterocycles. The molecule has 90 valence electrons. The number of nitrogens with one attached hydrogen (secondary N) is 1. The Balaban J connectivity index is 2.64. The van der Waals surface area contributed by atoms with Crippen LogP contribution in [0.1, 0.15) is 29.9 Å². The fraction of sp³-hybridized carbons (Fsp3) is 0.308. The zero-order valence-electron chi connectivity index (χ0n) is 9.91. The Kier molecular flexibility index (Phi) is 3.04. The van der Waals surface area contributed by atoms with Crippen LogP contribution in [0.25, 0.3) is 10.9 Å². The van der Waals surface area contributed by atoms with Crippen molar-refractivity contribution in [3.05, 3.63) is 29.5 Å². The summed E-state index contributed by atoms with van der Waals surface area (Å²) in [6.07, 6.45) is 0.712. The summed E-state index contributed by atoms with van der Waals surface area (Å²) in [5.74, 6) is -0.203. The second kappa shape index (κ2) is 4.49. The lowest BCUT2D eigenvalue weighted by Crippen LogP contribution is -2.06. The van der Waals surface area contributed by atoms with Crippen molar-refractivity contribution in [2.75, 3.05) is 6.61 Å². The van der Waals surface area contributed by atoms with Crippen LogP contribution in [0, 0.1) is 0 Å². The molecule has 4 nitrogen and oxygen atoms in total. The van der Waals surface area contributed by atoms with Crippen LogP contribution in [0.5, 0.6) is 5.75 Å². The van der Waals surface area contributed by atoms with Gasteiger partial charge in [0.2, 0.25) is 0 Å². The van der Waals surface area contributed by atoms with E-state index in [1.165, 1.54) is 0 Å². The van der Waals surface area contributed by atoms with Gasteiger partial charge in [0.25, 0.3) is 0 Å². The Morgan fingerprint density at radius 3 is 2.82 bits per heavy atom. The fourth-order valence-electron chi connectivity index (χ4n) is 1.94. The van der Waals surface area contributed by atoms with Gasteiger partial charge in [0.1, 0.15) is 5.75 Å². The highest BCUT2D eigenvalue weighted by Gasteiger charge is 2.18. The van der Waals surface area contributed by atoms with E-state index in [0.29, 0.717) is 24.0 Å². The van der Waals surface area contributed by atoms with Gasteiger partial charge in [0.15, 0.2) is 0 Å². The Bertz CT molecular complexity index is 557. The lowest BCUT2D eigenvalue weighted by atomic mass is 10.1. The molecule has 0 aliphatic rings. The van der Waals surface area contributed by atoms with E-state index in [0.717, 1.165) is 11.2 Å². The average Bonchev–Trinajstić information content (AvgIpc) is 2.66. The standard InChI is InChI=1S/C13H15NO3/c1-3-10-12(13(16)17-4-2)9-7-8(15)5-6-11(9)14-10/h5-7,14-15H,3-4H2,1-2H3. The van der Waals surface area contributed by atoms with Crippen molar-refractivity contribution in [1.82, 2.24) is 4.98 Å². The lowest BCUT2D eigenvalue weighted by Gasteiger charge is -2.02. The predicted molar refractivity (Wildman–Crippen MR) is 65.3 cm³/mol. The zero-order chi connectivity index (χ0) is 12.4. The van der Waals surface area contributed by atoms with E-state index < -0.39 is 0 Å². The number of aryl methyl sites for hydroxylation is 1. The van der Waals surface area contributed by atoms with Crippen molar-refractivity contribution < 1.29 is 14.6 Å². The van der Waals surface area contributed by atoms with Gasteiger partial charge in [-0.2, -0.15) is 0 Å². The van der Waals surface area contributed by atoms with E-state index in [-0.39, 0.29) is 11.7 Å². The normalized spacial score (nSPS) is 10.7. The third kappa shape index (κ3) is 1.98. The van der Waals surface area contributed by atoms with Crippen LogP contribution in [0.15, 0.2) is 18.2 Å². The molecule has 0 saturated carbocycles. The molecule has 0 radical (unpaired) electrons. The van der Waals surface area contributed by atoms with Crippen molar-refractivity contribution in [3.63, 3.8) is 0 Å². The third-order valence-corrected chi connectivity index (χ3v) is 2.69. The van der Waals surface area contributed by atoms with Crippen LogP contribution in [-0.4, -0.2) is 22.7 Å². The van der Waals surface area contributed by atoms with Gasteiger partial charge in [-0.3, -0.25) is 0 Å². The van der Waals surface area contributed by atoms with Gasteiger partial charge in [-0.1, -0.05) is 6.92 Å². The minimum Gasteiger partial charge on any atom is -0.508 e. The number of aromatic amines is 1. The molecule has 2 N–H and O–H groups in total. The molecular weight excluding hydrogens is 218 g/mol. The van der Waals surface area contributed by atoms with Crippen LogP contribution in [0.4, 0.5) is 0 Å². The molecule has 0 fully saturated rings. The van der Waals surface area contributed by atoms with Crippen molar-refractivity contribution in [3.8, 4) is 5.75 Å². The number of fused-ring (bicyclic) bond motifs is 1. The van der Waals surface area contributed by atoms with Crippen molar-refractivity contribution >= 4 is 16.9 Å². The highest BCUT2D eigenvalue weighted by atomic mass is 16.5. The number of aromatic nitrogens is 1. The molecule has 0 atom stereocenters. The summed E-state index contributed by atoms with van der Waals surface area (Å²) in [5.41, 5.74) is 2.20. The Labute approximate surface area is 99.2 Å². The first-order valence-corrected chi connectivity index (χ1v) is 5.68. The minimum absolute atomic E-state index is 0.143. The molecule has 2 rings (SSSR count). The molecule has 1 aromatic carbocycles. The number of phenolic OH excluding ortho intramolecular Hbond substituents is 1. The number of carbonyl (C=O) groups is 1. The van der Waals surface area contributed by atoms with Crippen LogP contribution in [0.3, 0.4) is 0 Å². The molecular formula is C13H15NO3. The first-order valence-electron chi connectivity index (χ1n) is 5.68. The maximum absolute atomic E-state index is 11.9. The van der Waals surface area contributed by atoms with E-state index in [1.807, 2.05) is 6.92 Å². The van der Waals surface area contributed by atoms with Crippen LogP contribution in [-0.2, 0) is 11.2 Å². The van der Waals surface area contributed by atoms with Gasteiger partial charge >= 0.3 is 5.97 Å². The molecule has 0 aliphatic carbocycles. The molecule has 0 bridgehead atoms. The number of aromatic hydroxyl groups is 1. The highest BCUT2D eigenvalue weighted by molar-refractivity contribution is 6.06. The first-order chi connectivity index (χ1) is 8.17. The van der Waals surface area contributed by atoms with Gasteiger partial charge in [0, 0.05) is 16.6 Å². The van der Waals surface area contributed by atoms with E-state index in [1.54, 1.807) is 25.1 Å². The quantitative estimate of drug-likeness (QED) is 0.801. The molecule has 0 spiro atoms. The van der Waals surface area contributed by atoms with E-state index in [2.05, 4.69) is 4.98 Å². The van der Waals surface area contributed by atoms with Crippen molar-refractivity contribution in [2.24, 2.45) is 0 Å². The molecule has 1 aromatic heterocycles. The largest absolute Gasteiger partial charge is 0.508 e. The molecule has 0 amide bonds. The fourth-order valence-corrected chi connectivity index (χ4v) is 1.94. The molecule has 1 heterocycles. The maximum atomic E-state index is 11.9. The van der Waals surface area contributed by atoms with E-state index >= 15 is 0 Å². The molecule has 0 unspecified atom stereocenters. The molecule has 2 aromatic rings. The molecule has 4 heteroatoms. The highest BCUT2D eigenvalue weighted by Crippen LogP contribution is 2.27. The summed E-state index contributed by atoms with van der Waals surface area (Å²) >= 11 is 0. The lowest BCUT2D eigenvalue weighted by molar-refractivity contribution is 0.0527. The molecule has 17 heavy (non-hydrogen) atoms. The van der Waals surface area contributed by atoms with Crippen molar-refractivity contribution in [2.45, 2.75) is 20.3 Å². The summed E-state index contributed by atoms with van der Waals surface area (Å²) in [4.78, 5) is 15.1. The predicted octanol–water partition coefficient (Wildman–Crippen LogP) is 2.61. The molecule has 0 aliphatic heterocycles. The monoisotopic (exact) mass is 233 g/mol. The number of hydrogen-bond acceptors (Lipinski definition) is 3. The number of ether oxygens (including phenoxy) is 1. The number of carbonyl (C=O) groups excluding carboxylic acids is 1. The minimum atomic E-state index is -0.346. The van der Waals surface area contributed by atoms with Gasteiger partial charge < -0.3 is 14.8 Å². The second-order valence-corrected chi connectivity index (χ2v) is 3.78. The second-order valence-electron chi connectivity index (χ2n) is 3.78. The van der Waals surface area contributed by atoms with Crippen LogP contribution >= 0.6 is 0 Å². The smallest absolute Gasteiger partial charge is 0.340 e. The topological polar surface area (TPSA) is 62.3 Å². The summed E-state index contributed by atoms with van der Waals surface area (Å²) in [5, 5.41) is 10.2. The number of phenols is 1. The Hall–Kier alpha value is -1.97. The van der Waals surface area contributed by atoms with Gasteiger partial charge in [-0.05, 0) is 31.5 Å². The van der Waals surface area contributed by atoms with Gasteiger partial charge in [-0.25, -0.2) is 4.79 Å². The van der Waals surface area contributed by atoms with Crippen molar-refractivity contribution in [1.29, 1.82) is 0 Å². The zero-order valence-corrected chi connectivity index (χ0v) is 9.91. The van der Waals surface area contributed by atoms with Gasteiger partial charge in [0.05, 0.1) is 12.2 Å². The number of H-pyrrole nitrogens is 1. The van der Waals surface area contributed by atoms with Gasteiger partial charge in [-0.15, -0.1) is 0 Å².